The van der Waals surface area contributed by atoms with Gasteiger partial charge in [-0.1, -0.05) is 17.7 Å². The third-order valence-corrected chi connectivity index (χ3v) is 2.48. The van der Waals surface area contributed by atoms with Crippen LogP contribution in [0.3, 0.4) is 0 Å². The zero-order valence-electron chi connectivity index (χ0n) is 9.78. The number of rotatable bonds is 2. The number of benzene rings is 1. The first-order valence-electron chi connectivity index (χ1n) is 5.31. The summed E-state index contributed by atoms with van der Waals surface area (Å²) < 4.78 is 43.1. The normalized spacial score (nSPS) is 10.9. The fourth-order valence-corrected chi connectivity index (χ4v) is 1.64. The molecule has 0 aliphatic heterocycles. The Bertz CT molecular complexity index is 680. The molecule has 0 fully saturated rings. The lowest BCUT2D eigenvalue weighted by atomic mass is 10.2. The van der Waals surface area contributed by atoms with Crippen LogP contribution in [-0.4, -0.2) is 4.98 Å². The maximum absolute atomic E-state index is 12.6. The predicted molar refractivity (Wildman–Crippen MR) is 65.5 cm³/mol. The van der Waals surface area contributed by atoms with Gasteiger partial charge < -0.3 is 4.74 Å². The van der Waals surface area contributed by atoms with Gasteiger partial charge in [0.15, 0.2) is 0 Å². The molecule has 0 radical (unpaired) electrons. The van der Waals surface area contributed by atoms with Crippen molar-refractivity contribution in [3.05, 3.63) is 52.7 Å². The van der Waals surface area contributed by atoms with Crippen LogP contribution in [0.4, 0.5) is 13.2 Å². The van der Waals surface area contributed by atoms with Crippen molar-refractivity contribution in [1.82, 2.24) is 4.98 Å². The predicted octanol–water partition coefficient (Wildman–Crippen LogP) is 4.42. The minimum atomic E-state index is -4.54. The standard InChI is InChI=1S/C13H6ClF3N2O/c14-11-5-9(13(15,16)17)6-12(19-11)20-10-3-1-2-8(4-10)7-18/h1-6H. The molecule has 0 amide bonds. The largest absolute Gasteiger partial charge is 0.439 e. The summed E-state index contributed by atoms with van der Waals surface area (Å²) in [4.78, 5) is 3.66. The van der Waals surface area contributed by atoms with Crippen LogP contribution in [0.25, 0.3) is 0 Å². The van der Waals surface area contributed by atoms with Crippen molar-refractivity contribution in [2.45, 2.75) is 6.18 Å². The Labute approximate surface area is 117 Å². The van der Waals surface area contributed by atoms with Crippen LogP contribution in [0.2, 0.25) is 5.15 Å². The minimum Gasteiger partial charge on any atom is -0.439 e. The maximum Gasteiger partial charge on any atom is 0.416 e. The lowest BCUT2D eigenvalue weighted by Crippen LogP contribution is -2.05. The van der Waals surface area contributed by atoms with E-state index in [1.54, 1.807) is 12.1 Å². The van der Waals surface area contributed by atoms with Gasteiger partial charge in [0.2, 0.25) is 5.88 Å². The smallest absolute Gasteiger partial charge is 0.416 e. The Kier molecular flexibility index (Phi) is 3.81. The molecule has 102 valence electrons. The van der Waals surface area contributed by atoms with Crippen molar-refractivity contribution in [3.63, 3.8) is 0 Å². The lowest BCUT2D eigenvalue weighted by molar-refractivity contribution is -0.137. The molecule has 7 heteroatoms. The van der Waals surface area contributed by atoms with E-state index in [0.29, 0.717) is 11.6 Å². The molecule has 2 aromatic rings. The lowest BCUT2D eigenvalue weighted by Gasteiger charge is -2.10. The van der Waals surface area contributed by atoms with Crippen LogP contribution < -0.4 is 4.74 Å². The van der Waals surface area contributed by atoms with E-state index < -0.39 is 11.7 Å². The van der Waals surface area contributed by atoms with E-state index in [1.807, 2.05) is 6.07 Å². The van der Waals surface area contributed by atoms with Gasteiger partial charge in [0.1, 0.15) is 10.9 Å². The zero-order valence-corrected chi connectivity index (χ0v) is 10.5. The summed E-state index contributed by atoms with van der Waals surface area (Å²) in [5, 5.41) is 8.40. The van der Waals surface area contributed by atoms with E-state index >= 15 is 0 Å². The molecule has 0 bridgehead atoms. The van der Waals surface area contributed by atoms with Gasteiger partial charge >= 0.3 is 6.18 Å². The summed E-state index contributed by atoms with van der Waals surface area (Å²) in [5.74, 6) is -0.0909. The van der Waals surface area contributed by atoms with Crippen LogP contribution in [-0.2, 0) is 6.18 Å². The molecule has 0 atom stereocenters. The highest BCUT2D eigenvalue weighted by Crippen LogP contribution is 2.33. The Morgan fingerprint density at radius 1 is 1.20 bits per heavy atom. The molecule has 2 rings (SSSR count). The average molecular weight is 299 g/mol. The number of alkyl halides is 3. The molecule has 3 nitrogen and oxygen atoms in total. The van der Waals surface area contributed by atoms with Gasteiger partial charge in [0, 0.05) is 6.07 Å². The van der Waals surface area contributed by atoms with E-state index in [2.05, 4.69) is 4.98 Å². The Hall–Kier alpha value is -2.26. The first kappa shape index (κ1) is 14.2. The topological polar surface area (TPSA) is 45.9 Å². The monoisotopic (exact) mass is 298 g/mol. The van der Waals surface area contributed by atoms with Gasteiger partial charge in [-0.25, -0.2) is 4.98 Å². The second-order valence-electron chi connectivity index (χ2n) is 3.76. The second kappa shape index (κ2) is 5.39. The fraction of sp³-hybridized carbons (Fsp3) is 0.0769. The molecule has 0 saturated carbocycles. The van der Waals surface area contributed by atoms with Crippen molar-refractivity contribution >= 4 is 11.6 Å². The van der Waals surface area contributed by atoms with Crippen molar-refractivity contribution in [2.24, 2.45) is 0 Å². The van der Waals surface area contributed by atoms with Crippen LogP contribution in [0, 0.1) is 11.3 Å². The molecule has 0 spiro atoms. The zero-order chi connectivity index (χ0) is 14.8. The highest BCUT2D eigenvalue weighted by atomic mass is 35.5. The average Bonchev–Trinajstić information content (AvgIpc) is 2.37. The van der Waals surface area contributed by atoms with Crippen LogP contribution in [0.1, 0.15) is 11.1 Å². The summed E-state index contributed by atoms with van der Waals surface area (Å²) in [6.45, 7) is 0. The van der Waals surface area contributed by atoms with Crippen molar-refractivity contribution in [2.75, 3.05) is 0 Å². The second-order valence-corrected chi connectivity index (χ2v) is 4.14. The number of hydrogen-bond donors (Lipinski definition) is 0. The minimum absolute atomic E-state index is 0.201. The summed E-state index contributed by atoms with van der Waals surface area (Å²) in [6.07, 6.45) is -4.54. The van der Waals surface area contributed by atoms with E-state index in [-0.39, 0.29) is 16.8 Å². The molecule has 1 heterocycles. The molecule has 0 N–H and O–H groups in total. The quantitative estimate of drug-likeness (QED) is 0.771. The number of nitrogens with zero attached hydrogens (tertiary/aromatic N) is 2. The van der Waals surface area contributed by atoms with Gasteiger partial charge in [-0.3, -0.25) is 0 Å². The fourth-order valence-electron chi connectivity index (χ4n) is 1.44. The van der Waals surface area contributed by atoms with Gasteiger partial charge in [0.25, 0.3) is 0 Å². The molecule has 0 aliphatic carbocycles. The first-order valence-corrected chi connectivity index (χ1v) is 5.69. The summed E-state index contributed by atoms with van der Waals surface area (Å²) >= 11 is 5.54. The van der Waals surface area contributed by atoms with Crippen LogP contribution in [0.15, 0.2) is 36.4 Å². The first-order chi connectivity index (χ1) is 9.38. The van der Waals surface area contributed by atoms with Gasteiger partial charge in [-0.2, -0.15) is 18.4 Å². The third kappa shape index (κ3) is 3.39. The molecular weight excluding hydrogens is 293 g/mol. The SMILES string of the molecule is N#Cc1cccc(Oc2cc(C(F)(F)F)cc(Cl)n2)c1. The number of ether oxygens (including phenoxy) is 1. The molecule has 20 heavy (non-hydrogen) atoms. The van der Waals surface area contributed by atoms with Crippen molar-refractivity contribution < 1.29 is 17.9 Å². The number of hydrogen-bond acceptors (Lipinski definition) is 3. The molecule has 0 aliphatic rings. The van der Waals surface area contributed by atoms with E-state index in [9.17, 15) is 13.2 Å². The summed E-state index contributed by atoms with van der Waals surface area (Å²) in [6, 6.07) is 9.31. The van der Waals surface area contributed by atoms with Gasteiger partial charge in [0.05, 0.1) is 17.2 Å². The molecule has 1 aromatic heterocycles. The van der Waals surface area contributed by atoms with E-state index in [0.717, 1.165) is 6.07 Å². The molecule has 0 saturated heterocycles. The van der Waals surface area contributed by atoms with E-state index in [1.165, 1.54) is 12.1 Å². The van der Waals surface area contributed by atoms with Gasteiger partial charge in [-0.05, 0) is 24.3 Å². The van der Waals surface area contributed by atoms with E-state index in [4.69, 9.17) is 21.6 Å². The Morgan fingerprint density at radius 3 is 2.60 bits per heavy atom. The van der Waals surface area contributed by atoms with Crippen molar-refractivity contribution in [1.29, 1.82) is 5.26 Å². The third-order valence-electron chi connectivity index (χ3n) is 2.28. The van der Waals surface area contributed by atoms with Gasteiger partial charge in [-0.15, -0.1) is 0 Å². The Balaban J connectivity index is 2.34. The highest BCUT2D eigenvalue weighted by Gasteiger charge is 2.31. The molecular formula is C13H6ClF3N2O. The maximum atomic E-state index is 12.6. The summed E-state index contributed by atoms with van der Waals surface area (Å²) in [5.41, 5.74) is -0.635. The number of pyridine rings is 1. The van der Waals surface area contributed by atoms with Crippen molar-refractivity contribution in [3.8, 4) is 17.7 Å². The summed E-state index contributed by atoms with van der Waals surface area (Å²) in [7, 11) is 0. The highest BCUT2D eigenvalue weighted by molar-refractivity contribution is 6.29. The molecule has 0 unspecified atom stereocenters. The van der Waals surface area contributed by atoms with Crippen LogP contribution >= 0.6 is 11.6 Å². The molecule has 1 aromatic carbocycles. The Morgan fingerprint density at radius 2 is 1.95 bits per heavy atom. The number of aromatic nitrogens is 1. The number of halogens is 4. The van der Waals surface area contributed by atoms with Crippen LogP contribution in [0.5, 0.6) is 11.6 Å². The number of nitriles is 1.